The highest BCUT2D eigenvalue weighted by molar-refractivity contribution is 5.99. The van der Waals surface area contributed by atoms with E-state index in [1.165, 1.54) is 71.3 Å². The van der Waals surface area contributed by atoms with Crippen molar-refractivity contribution in [2.24, 2.45) is 0 Å². The molecule has 0 aliphatic rings. The number of hydrogen-bond acceptors (Lipinski definition) is 4. The van der Waals surface area contributed by atoms with Crippen molar-refractivity contribution < 1.29 is 27.5 Å². The Morgan fingerprint density at radius 1 is 0.743 bits per heavy atom. The van der Waals surface area contributed by atoms with Gasteiger partial charge in [-0.05, 0) is 86.6 Å². The number of rotatable bonds is 5. The van der Waals surface area contributed by atoms with Crippen LogP contribution in [0.3, 0.4) is 0 Å². The van der Waals surface area contributed by atoms with Crippen LogP contribution in [0.15, 0.2) is 72.8 Å². The van der Waals surface area contributed by atoms with Gasteiger partial charge in [0.1, 0.15) is 29.0 Å². The maximum atomic E-state index is 13.5. The quantitative estimate of drug-likeness (QED) is 0.263. The van der Waals surface area contributed by atoms with Gasteiger partial charge in [-0.25, -0.2) is 22.9 Å². The molecule has 35 heavy (non-hydrogen) atoms. The largest absolute Gasteiger partial charge is 0.422 e. The first-order chi connectivity index (χ1) is 16.7. The minimum Gasteiger partial charge on any atom is -0.422 e. The smallest absolute Gasteiger partial charge is 0.343 e. The van der Waals surface area contributed by atoms with Gasteiger partial charge in [0, 0.05) is 22.9 Å². The fourth-order valence-corrected chi connectivity index (χ4v) is 3.36. The van der Waals surface area contributed by atoms with E-state index in [0.717, 1.165) is 12.1 Å². The number of aryl methyl sites for hydroxylation is 1. The summed E-state index contributed by atoms with van der Waals surface area (Å²) in [4.78, 5) is 30.4. The molecule has 0 aliphatic heterocycles. The standard InChI is InChI=1S/C27H19F3N2O3/c1-16-17(2)32(26(33)19-5-11-22(29)12-6-19)25(31-16)15-24(18-3-9-21(28)10-4-18)35-27(34)20-7-13-23(30)14-8-20/h3-15H,1-2H3. The first kappa shape index (κ1) is 23.7. The number of aromatic nitrogens is 2. The Balaban J connectivity index is 1.79. The van der Waals surface area contributed by atoms with Gasteiger partial charge in [0.25, 0.3) is 5.91 Å². The minimum absolute atomic E-state index is 0.00233. The molecule has 0 fully saturated rings. The van der Waals surface area contributed by atoms with Gasteiger partial charge >= 0.3 is 5.97 Å². The SMILES string of the molecule is Cc1nc(C=C(OC(=O)c2ccc(F)cc2)c2ccc(F)cc2)n(C(=O)c2ccc(F)cc2)c1C. The Bertz CT molecular complexity index is 1420. The fraction of sp³-hybridized carbons (Fsp3) is 0.0741. The number of carbonyl (C=O) groups is 2. The van der Waals surface area contributed by atoms with Crippen molar-refractivity contribution in [1.82, 2.24) is 9.55 Å². The second kappa shape index (κ2) is 9.80. The molecule has 8 heteroatoms. The van der Waals surface area contributed by atoms with Gasteiger partial charge in [-0.1, -0.05) is 0 Å². The number of imidazole rings is 1. The van der Waals surface area contributed by atoms with E-state index in [0.29, 0.717) is 17.0 Å². The molecule has 4 aromatic rings. The van der Waals surface area contributed by atoms with E-state index in [2.05, 4.69) is 4.98 Å². The summed E-state index contributed by atoms with van der Waals surface area (Å²) in [7, 11) is 0. The van der Waals surface area contributed by atoms with Crippen molar-refractivity contribution in [1.29, 1.82) is 0 Å². The molecule has 0 radical (unpaired) electrons. The molecule has 0 saturated carbocycles. The van der Waals surface area contributed by atoms with Crippen LogP contribution >= 0.6 is 0 Å². The summed E-state index contributed by atoms with van der Waals surface area (Å²) < 4.78 is 47.0. The molecule has 1 heterocycles. The Hall–Kier alpha value is -4.46. The molecule has 0 spiro atoms. The molecular formula is C27H19F3N2O3. The Labute approximate surface area is 199 Å². The van der Waals surface area contributed by atoms with Crippen LogP contribution in [0, 0.1) is 31.3 Å². The van der Waals surface area contributed by atoms with E-state index < -0.39 is 29.3 Å². The van der Waals surface area contributed by atoms with Crippen molar-refractivity contribution in [3.8, 4) is 0 Å². The van der Waals surface area contributed by atoms with Gasteiger partial charge in [-0.15, -0.1) is 0 Å². The maximum Gasteiger partial charge on any atom is 0.343 e. The predicted octanol–water partition coefficient (Wildman–Crippen LogP) is 5.96. The van der Waals surface area contributed by atoms with Crippen molar-refractivity contribution in [2.45, 2.75) is 13.8 Å². The van der Waals surface area contributed by atoms with Crippen molar-refractivity contribution in [3.63, 3.8) is 0 Å². The summed E-state index contributed by atoms with van der Waals surface area (Å²) in [5.41, 5.74) is 1.76. The summed E-state index contributed by atoms with van der Waals surface area (Å²) in [6.45, 7) is 3.41. The zero-order valence-electron chi connectivity index (χ0n) is 18.8. The number of halogens is 3. The second-order valence-electron chi connectivity index (χ2n) is 7.70. The highest BCUT2D eigenvalue weighted by Crippen LogP contribution is 2.24. The van der Waals surface area contributed by atoms with Crippen LogP contribution in [-0.4, -0.2) is 21.4 Å². The van der Waals surface area contributed by atoms with Gasteiger partial charge in [-0.3, -0.25) is 9.36 Å². The van der Waals surface area contributed by atoms with Gasteiger partial charge < -0.3 is 4.74 Å². The summed E-state index contributed by atoms with van der Waals surface area (Å²) >= 11 is 0. The molecule has 0 unspecified atom stereocenters. The van der Waals surface area contributed by atoms with E-state index in [1.54, 1.807) is 13.8 Å². The summed E-state index contributed by atoms with van der Waals surface area (Å²) in [6, 6.07) is 15.1. The van der Waals surface area contributed by atoms with Crippen LogP contribution in [0.1, 0.15) is 43.5 Å². The lowest BCUT2D eigenvalue weighted by Gasteiger charge is -2.11. The number of benzene rings is 3. The second-order valence-corrected chi connectivity index (χ2v) is 7.70. The zero-order valence-corrected chi connectivity index (χ0v) is 18.8. The number of carbonyl (C=O) groups excluding carboxylic acids is 2. The van der Waals surface area contributed by atoms with Crippen molar-refractivity contribution >= 4 is 23.7 Å². The number of esters is 1. The lowest BCUT2D eigenvalue weighted by Crippen LogP contribution is -2.16. The Morgan fingerprint density at radius 2 is 1.20 bits per heavy atom. The molecular weight excluding hydrogens is 457 g/mol. The molecule has 0 bridgehead atoms. The molecule has 5 nitrogen and oxygen atoms in total. The Morgan fingerprint density at radius 3 is 1.71 bits per heavy atom. The third-order valence-corrected chi connectivity index (χ3v) is 5.34. The fourth-order valence-electron chi connectivity index (χ4n) is 3.36. The maximum absolute atomic E-state index is 13.5. The van der Waals surface area contributed by atoms with Crippen LogP contribution in [0.2, 0.25) is 0 Å². The average Bonchev–Trinajstić information content (AvgIpc) is 3.12. The van der Waals surface area contributed by atoms with E-state index in [4.69, 9.17) is 4.74 Å². The van der Waals surface area contributed by atoms with Gasteiger partial charge in [0.05, 0.1) is 11.3 Å². The normalized spacial score (nSPS) is 11.4. The van der Waals surface area contributed by atoms with E-state index in [9.17, 15) is 22.8 Å². The predicted molar refractivity (Wildman–Crippen MR) is 124 cm³/mol. The van der Waals surface area contributed by atoms with E-state index in [-0.39, 0.29) is 22.7 Å². The molecule has 4 rings (SSSR count). The zero-order chi connectivity index (χ0) is 25.1. The molecule has 0 amide bonds. The monoisotopic (exact) mass is 476 g/mol. The molecule has 0 N–H and O–H groups in total. The first-order valence-electron chi connectivity index (χ1n) is 10.5. The third kappa shape index (κ3) is 5.22. The lowest BCUT2D eigenvalue weighted by molar-refractivity contribution is 0.0693. The number of nitrogens with zero attached hydrogens (tertiary/aromatic N) is 2. The molecule has 1 aromatic heterocycles. The average molecular weight is 476 g/mol. The molecule has 0 atom stereocenters. The molecule has 176 valence electrons. The third-order valence-electron chi connectivity index (χ3n) is 5.34. The minimum atomic E-state index is -0.781. The van der Waals surface area contributed by atoms with Crippen LogP contribution in [0.5, 0.6) is 0 Å². The Kier molecular flexibility index (Phi) is 6.64. The van der Waals surface area contributed by atoms with Crippen LogP contribution in [0.4, 0.5) is 13.2 Å². The lowest BCUT2D eigenvalue weighted by atomic mass is 10.1. The molecule has 0 aliphatic carbocycles. The van der Waals surface area contributed by atoms with Crippen LogP contribution < -0.4 is 0 Å². The van der Waals surface area contributed by atoms with E-state index in [1.807, 2.05) is 0 Å². The molecule has 3 aromatic carbocycles. The molecule has 0 saturated heterocycles. The van der Waals surface area contributed by atoms with Gasteiger partial charge in [0.15, 0.2) is 0 Å². The van der Waals surface area contributed by atoms with Gasteiger partial charge in [0.2, 0.25) is 0 Å². The van der Waals surface area contributed by atoms with Crippen LogP contribution in [-0.2, 0) is 4.74 Å². The highest BCUT2D eigenvalue weighted by Gasteiger charge is 2.20. The van der Waals surface area contributed by atoms with Crippen molar-refractivity contribution in [3.05, 3.63) is 124 Å². The topological polar surface area (TPSA) is 61.2 Å². The first-order valence-corrected chi connectivity index (χ1v) is 10.5. The highest BCUT2D eigenvalue weighted by atomic mass is 19.1. The van der Waals surface area contributed by atoms with Gasteiger partial charge in [-0.2, -0.15) is 0 Å². The number of ether oxygens (including phenoxy) is 1. The summed E-state index contributed by atoms with van der Waals surface area (Å²) in [5.74, 6) is -2.57. The van der Waals surface area contributed by atoms with E-state index >= 15 is 0 Å². The van der Waals surface area contributed by atoms with Crippen LogP contribution in [0.25, 0.3) is 11.8 Å². The summed E-state index contributed by atoms with van der Waals surface area (Å²) in [6.07, 6.45) is 1.39. The van der Waals surface area contributed by atoms with Crippen molar-refractivity contribution in [2.75, 3.05) is 0 Å². The summed E-state index contributed by atoms with van der Waals surface area (Å²) in [5, 5.41) is 0. The number of hydrogen-bond donors (Lipinski definition) is 0.